The number of nitrogens with one attached hydrogen (secondary N) is 3. The van der Waals surface area contributed by atoms with Crippen LogP contribution in [0.3, 0.4) is 0 Å². The third-order valence-corrected chi connectivity index (χ3v) is 10.0. The van der Waals surface area contributed by atoms with Gasteiger partial charge in [-0.05, 0) is 69.5 Å². The van der Waals surface area contributed by atoms with Crippen LogP contribution in [0.25, 0.3) is 22.0 Å². The molecule has 1 amide bonds. The molecule has 3 heterocycles. The highest BCUT2D eigenvalue weighted by Gasteiger charge is 2.47. The Kier molecular flexibility index (Phi) is 7.75. The van der Waals surface area contributed by atoms with Crippen LogP contribution in [0, 0.1) is 19.8 Å². The summed E-state index contributed by atoms with van der Waals surface area (Å²) in [5, 5.41) is 11.6. The van der Waals surface area contributed by atoms with Gasteiger partial charge in [-0.2, -0.15) is 5.10 Å². The molecule has 2 aliphatic carbocycles. The standard InChI is InChI=1S/C32H38F2N6O2S/c1-17-8-28(43-5)26(30(41)37-17)15-35-31(42)29-19(3)40(18(2)21-9-23(10-21)38-24-12-32(33,34)13-24)27-7-6-20(11-25(27)29)22-14-36-39(4)16-22/h6-8,11,14,16,18,21,23-24,38H,9-10,12-13,15H2,1-5H3,(H,35,42)(H,37,41)/t18-,21?,23?/m1/s1. The average molecular weight is 609 g/mol. The number of aromatic nitrogens is 4. The van der Waals surface area contributed by atoms with E-state index < -0.39 is 5.92 Å². The highest BCUT2D eigenvalue weighted by atomic mass is 32.2. The summed E-state index contributed by atoms with van der Waals surface area (Å²) in [4.78, 5) is 30.3. The van der Waals surface area contributed by atoms with Crippen LogP contribution in [0.5, 0.6) is 0 Å². The molecule has 4 aromatic rings. The van der Waals surface area contributed by atoms with Gasteiger partial charge in [-0.25, -0.2) is 8.78 Å². The lowest BCUT2D eigenvalue weighted by Crippen LogP contribution is -2.55. The number of carbonyl (C=O) groups is 1. The van der Waals surface area contributed by atoms with Crippen LogP contribution >= 0.6 is 11.8 Å². The molecule has 8 nitrogen and oxygen atoms in total. The third kappa shape index (κ3) is 5.64. The van der Waals surface area contributed by atoms with Gasteiger partial charge in [-0.1, -0.05) is 6.07 Å². The van der Waals surface area contributed by atoms with Crippen molar-refractivity contribution in [3.05, 3.63) is 69.5 Å². The highest BCUT2D eigenvalue weighted by Crippen LogP contribution is 2.43. The number of H-pyrrole nitrogens is 1. The lowest BCUT2D eigenvalue weighted by atomic mass is 9.74. The number of nitrogens with zero attached hydrogens (tertiary/aromatic N) is 3. The summed E-state index contributed by atoms with van der Waals surface area (Å²) >= 11 is 1.48. The Bertz CT molecular complexity index is 1740. The zero-order valence-electron chi connectivity index (χ0n) is 25.1. The lowest BCUT2D eigenvalue weighted by molar-refractivity contribution is -0.0981. The molecule has 3 N–H and O–H groups in total. The van der Waals surface area contributed by atoms with Gasteiger partial charge in [-0.3, -0.25) is 14.3 Å². The maximum absolute atomic E-state index is 13.9. The first-order valence-electron chi connectivity index (χ1n) is 14.8. The first-order chi connectivity index (χ1) is 20.4. The number of aromatic amines is 1. The molecule has 0 unspecified atom stereocenters. The van der Waals surface area contributed by atoms with E-state index in [0.29, 0.717) is 17.0 Å². The van der Waals surface area contributed by atoms with E-state index in [0.717, 1.165) is 51.2 Å². The smallest absolute Gasteiger partial charge is 0.254 e. The minimum atomic E-state index is -2.52. The van der Waals surface area contributed by atoms with E-state index in [9.17, 15) is 18.4 Å². The Balaban J connectivity index is 1.30. The maximum atomic E-state index is 13.9. The van der Waals surface area contributed by atoms with E-state index in [1.165, 1.54) is 11.8 Å². The zero-order chi connectivity index (χ0) is 30.6. The van der Waals surface area contributed by atoms with E-state index in [1.807, 2.05) is 45.5 Å². The van der Waals surface area contributed by atoms with Crippen molar-refractivity contribution >= 4 is 28.6 Å². The number of hydrogen-bond acceptors (Lipinski definition) is 5. The van der Waals surface area contributed by atoms with Gasteiger partial charge < -0.3 is 20.2 Å². The van der Waals surface area contributed by atoms with Gasteiger partial charge in [0.15, 0.2) is 0 Å². The van der Waals surface area contributed by atoms with Gasteiger partial charge in [0.2, 0.25) is 0 Å². The van der Waals surface area contributed by atoms with Crippen molar-refractivity contribution in [2.24, 2.45) is 13.0 Å². The summed E-state index contributed by atoms with van der Waals surface area (Å²) in [7, 11) is 1.87. The van der Waals surface area contributed by atoms with Crippen LogP contribution in [0.2, 0.25) is 0 Å². The van der Waals surface area contributed by atoms with E-state index >= 15 is 0 Å². The van der Waals surface area contributed by atoms with Crippen LogP contribution in [-0.2, 0) is 13.6 Å². The molecule has 0 saturated heterocycles. The largest absolute Gasteiger partial charge is 0.348 e. The Morgan fingerprint density at radius 3 is 2.58 bits per heavy atom. The van der Waals surface area contributed by atoms with Crippen molar-refractivity contribution in [3.8, 4) is 11.1 Å². The van der Waals surface area contributed by atoms with E-state index in [-0.39, 0.29) is 49.0 Å². The second-order valence-corrected chi connectivity index (χ2v) is 13.1. The Hall–Kier alpha value is -3.44. The van der Waals surface area contributed by atoms with E-state index in [1.54, 1.807) is 10.9 Å². The Labute approximate surface area is 253 Å². The molecule has 2 aliphatic rings. The molecule has 0 radical (unpaired) electrons. The SMILES string of the molecule is CSc1cc(C)[nH]c(=O)c1CNC(=O)c1c(C)n([C@H](C)C2CC(NC3CC(F)(F)C3)C2)c2ccc(-c3cnn(C)c3)cc12. The zero-order valence-corrected chi connectivity index (χ0v) is 25.9. The molecule has 228 valence electrons. The maximum Gasteiger partial charge on any atom is 0.254 e. The van der Waals surface area contributed by atoms with Crippen molar-refractivity contribution in [1.29, 1.82) is 0 Å². The van der Waals surface area contributed by atoms with Crippen molar-refractivity contribution in [2.75, 3.05) is 6.26 Å². The summed E-state index contributed by atoms with van der Waals surface area (Å²) in [5.74, 6) is -2.40. The summed E-state index contributed by atoms with van der Waals surface area (Å²) in [6, 6.07) is 8.35. The van der Waals surface area contributed by atoms with Crippen LogP contribution in [-0.4, -0.2) is 49.5 Å². The summed E-state index contributed by atoms with van der Waals surface area (Å²) in [5.41, 5.74) is 5.46. The van der Waals surface area contributed by atoms with Gasteiger partial charge in [0.1, 0.15) is 0 Å². The minimum Gasteiger partial charge on any atom is -0.348 e. The molecule has 0 aliphatic heterocycles. The number of hydrogen-bond donors (Lipinski definition) is 3. The topological polar surface area (TPSA) is 96.7 Å². The van der Waals surface area contributed by atoms with E-state index in [4.69, 9.17) is 0 Å². The normalized spacial score (nSPS) is 20.5. The molecule has 6 rings (SSSR count). The monoisotopic (exact) mass is 608 g/mol. The van der Waals surface area contributed by atoms with Gasteiger partial charge in [-0.15, -0.1) is 11.8 Å². The molecule has 0 spiro atoms. The van der Waals surface area contributed by atoms with Crippen molar-refractivity contribution < 1.29 is 13.6 Å². The Morgan fingerprint density at radius 2 is 1.93 bits per heavy atom. The minimum absolute atomic E-state index is 0.0737. The Morgan fingerprint density at radius 1 is 1.19 bits per heavy atom. The summed E-state index contributed by atoms with van der Waals surface area (Å²) in [6.45, 7) is 6.11. The number of thioether (sulfide) groups is 1. The fourth-order valence-corrected chi connectivity index (χ4v) is 7.52. The van der Waals surface area contributed by atoms with E-state index in [2.05, 4.69) is 44.3 Å². The molecule has 2 saturated carbocycles. The van der Waals surface area contributed by atoms with Crippen LogP contribution in [0.4, 0.5) is 8.78 Å². The number of aryl methyl sites for hydroxylation is 2. The first kappa shape index (κ1) is 29.6. The number of rotatable bonds is 9. The molecule has 2 fully saturated rings. The number of pyridine rings is 1. The van der Waals surface area contributed by atoms with Crippen molar-refractivity contribution in [2.45, 2.75) is 81.9 Å². The third-order valence-electron chi connectivity index (χ3n) is 9.21. The van der Waals surface area contributed by atoms with Crippen LogP contribution in [0.15, 0.2) is 46.3 Å². The quantitative estimate of drug-likeness (QED) is 0.211. The van der Waals surface area contributed by atoms with Crippen molar-refractivity contribution in [3.63, 3.8) is 0 Å². The number of fused-ring (bicyclic) bond motifs is 1. The van der Waals surface area contributed by atoms with Gasteiger partial charge in [0.25, 0.3) is 17.4 Å². The molecule has 43 heavy (non-hydrogen) atoms. The average Bonchev–Trinajstić information content (AvgIpc) is 3.47. The molecule has 1 aromatic carbocycles. The number of alkyl halides is 2. The summed E-state index contributed by atoms with van der Waals surface area (Å²) in [6.07, 6.45) is 7.34. The van der Waals surface area contributed by atoms with Gasteiger partial charge in [0.05, 0.1) is 11.8 Å². The second kappa shape index (κ2) is 11.2. The predicted molar refractivity (Wildman–Crippen MR) is 166 cm³/mol. The molecular weight excluding hydrogens is 570 g/mol. The number of carbonyl (C=O) groups excluding carboxylic acids is 1. The lowest BCUT2D eigenvalue weighted by Gasteiger charge is -2.45. The number of benzene rings is 1. The number of amides is 1. The van der Waals surface area contributed by atoms with Crippen molar-refractivity contribution in [1.82, 2.24) is 30.0 Å². The number of halogens is 2. The fourth-order valence-electron chi connectivity index (χ4n) is 6.81. The molecule has 11 heteroatoms. The van der Waals surface area contributed by atoms with Gasteiger partial charge in [0, 0.05) is 89.1 Å². The molecular formula is C32H38F2N6O2S. The fraction of sp³-hybridized carbons (Fsp3) is 0.469. The molecule has 3 aromatic heterocycles. The second-order valence-electron chi connectivity index (χ2n) is 12.3. The molecule has 1 atom stereocenters. The highest BCUT2D eigenvalue weighted by molar-refractivity contribution is 7.98. The van der Waals surface area contributed by atoms with Crippen LogP contribution in [0.1, 0.15) is 66.0 Å². The molecule has 0 bridgehead atoms. The predicted octanol–water partition coefficient (Wildman–Crippen LogP) is 5.73. The van der Waals surface area contributed by atoms with Crippen LogP contribution < -0.4 is 16.2 Å². The first-order valence-corrected chi connectivity index (χ1v) is 16.0. The van der Waals surface area contributed by atoms with Gasteiger partial charge >= 0.3 is 0 Å². The summed E-state index contributed by atoms with van der Waals surface area (Å²) < 4.78 is 30.6.